The third kappa shape index (κ3) is 3.83. The van der Waals surface area contributed by atoms with Crippen molar-refractivity contribution in [2.24, 2.45) is 0 Å². The van der Waals surface area contributed by atoms with Crippen LogP contribution >= 0.6 is 31.9 Å². The molecule has 1 N–H and O–H groups in total. The zero-order valence-corrected chi connectivity index (χ0v) is 11.3. The van der Waals surface area contributed by atoms with Gasteiger partial charge < -0.3 is 4.74 Å². The van der Waals surface area contributed by atoms with E-state index in [2.05, 4.69) is 37.2 Å². The molecular formula is C10H11Br2NO2. The number of benzene rings is 1. The predicted molar refractivity (Wildman–Crippen MR) is 66.1 cm³/mol. The molecule has 0 radical (unpaired) electrons. The molecule has 0 aliphatic rings. The monoisotopic (exact) mass is 335 g/mol. The van der Waals surface area contributed by atoms with Gasteiger partial charge in [-0.25, -0.2) is 4.79 Å². The van der Waals surface area contributed by atoms with Gasteiger partial charge in [-0.1, -0.05) is 30.3 Å². The van der Waals surface area contributed by atoms with Crippen molar-refractivity contribution in [1.82, 2.24) is 5.32 Å². The Morgan fingerprint density at radius 2 is 2.00 bits per heavy atom. The van der Waals surface area contributed by atoms with Gasteiger partial charge in [0.2, 0.25) is 0 Å². The fraction of sp³-hybridized carbons (Fsp3) is 0.300. The molecule has 1 aromatic carbocycles. The third-order valence-electron chi connectivity index (χ3n) is 1.67. The van der Waals surface area contributed by atoms with Crippen LogP contribution in [0.2, 0.25) is 0 Å². The number of alkyl carbamates (subject to hydrolysis) is 1. The topological polar surface area (TPSA) is 38.3 Å². The molecular weight excluding hydrogens is 326 g/mol. The lowest BCUT2D eigenvalue weighted by atomic mass is 10.2. The van der Waals surface area contributed by atoms with Gasteiger partial charge >= 0.3 is 6.09 Å². The van der Waals surface area contributed by atoms with Crippen LogP contribution in [0.4, 0.5) is 4.79 Å². The highest BCUT2D eigenvalue weighted by Gasteiger charge is 2.27. The summed E-state index contributed by atoms with van der Waals surface area (Å²) >= 11 is 6.73. The highest BCUT2D eigenvalue weighted by molar-refractivity contribution is 9.24. The van der Waals surface area contributed by atoms with Crippen LogP contribution < -0.4 is 5.32 Å². The molecule has 1 rings (SSSR count). The lowest BCUT2D eigenvalue weighted by Crippen LogP contribution is -2.36. The number of ether oxygens (including phenoxy) is 1. The van der Waals surface area contributed by atoms with E-state index in [1.165, 1.54) is 0 Å². The van der Waals surface area contributed by atoms with Crippen molar-refractivity contribution in [3.05, 3.63) is 35.9 Å². The van der Waals surface area contributed by atoms with Gasteiger partial charge in [-0.2, -0.15) is 0 Å². The van der Waals surface area contributed by atoms with E-state index in [0.29, 0.717) is 6.61 Å². The van der Waals surface area contributed by atoms with Gasteiger partial charge in [0.1, 0.15) is 0 Å². The van der Waals surface area contributed by atoms with Gasteiger partial charge in [0.25, 0.3) is 0 Å². The second-order valence-electron chi connectivity index (χ2n) is 2.79. The fourth-order valence-electron chi connectivity index (χ4n) is 1.02. The number of hydrogen-bond acceptors (Lipinski definition) is 2. The minimum absolute atomic E-state index is 0.344. The second kappa shape index (κ2) is 5.51. The molecule has 0 unspecified atom stereocenters. The quantitative estimate of drug-likeness (QED) is 0.679. The van der Waals surface area contributed by atoms with E-state index in [-0.39, 0.29) is 0 Å². The van der Waals surface area contributed by atoms with Crippen LogP contribution in [-0.4, -0.2) is 12.7 Å². The Balaban J connectivity index is 2.71. The molecule has 3 nitrogen and oxygen atoms in total. The van der Waals surface area contributed by atoms with Crippen molar-refractivity contribution in [3.63, 3.8) is 0 Å². The molecule has 15 heavy (non-hydrogen) atoms. The number of rotatable bonds is 3. The average Bonchev–Trinajstić information content (AvgIpc) is 2.18. The Morgan fingerprint density at radius 3 is 2.53 bits per heavy atom. The van der Waals surface area contributed by atoms with E-state index < -0.39 is 9.45 Å². The Kier molecular flexibility index (Phi) is 4.60. The van der Waals surface area contributed by atoms with Crippen molar-refractivity contribution in [2.45, 2.75) is 10.3 Å². The SMILES string of the molecule is CCOC(=O)NC(Br)(Br)c1ccccc1. The predicted octanol–water partition coefficient (Wildman–Crippen LogP) is 3.33. The zero-order valence-electron chi connectivity index (χ0n) is 8.17. The molecule has 1 aromatic rings. The van der Waals surface area contributed by atoms with E-state index in [1.54, 1.807) is 6.92 Å². The molecule has 0 saturated heterocycles. The van der Waals surface area contributed by atoms with Crippen LogP contribution in [0, 0.1) is 0 Å². The summed E-state index contributed by atoms with van der Waals surface area (Å²) in [6, 6.07) is 9.45. The first-order valence-electron chi connectivity index (χ1n) is 4.44. The minimum Gasteiger partial charge on any atom is -0.450 e. The third-order valence-corrected chi connectivity index (χ3v) is 2.98. The molecule has 0 aromatic heterocycles. The molecule has 0 saturated carbocycles. The van der Waals surface area contributed by atoms with Gasteiger partial charge in [0, 0.05) is 0 Å². The fourth-order valence-corrected chi connectivity index (χ4v) is 1.87. The standard InChI is InChI=1S/C10H11Br2NO2/c1-2-15-9(14)13-10(11,12)8-6-4-3-5-7-8/h3-7H,2H2,1H3,(H,13,14). The summed E-state index contributed by atoms with van der Waals surface area (Å²) < 4.78 is 4.00. The average molecular weight is 337 g/mol. The number of nitrogens with one attached hydrogen (secondary N) is 1. The van der Waals surface area contributed by atoms with E-state index in [9.17, 15) is 4.79 Å². The first kappa shape index (κ1) is 12.5. The van der Waals surface area contributed by atoms with Crippen molar-refractivity contribution < 1.29 is 9.53 Å². The Labute approximate surface area is 105 Å². The van der Waals surface area contributed by atoms with E-state index in [0.717, 1.165) is 5.56 Å². The smallest absolute Gasteiger partial charge is 0.409 e. The number of hydrogen-bond donors (Lipinski definition) is 1. The van der Waals surface area contributed by atoms with Gasteiger partial charge in [0.15, 0.2) is 3.36 Å². The summed E-state index contributed by atoms with van der Waals surface area (Å²) in [6.45, 7) is 2.10. The maximum absolute atomic E-state index is 11.2. The van der Waals surface area contributed by atoms with Crippen molar-refractivity contribution in [1.29, 1.82) is 0 Å². The molecule has 1 amide bonds. The lowest BCUT2D eigenvalue weighted by molar-refractivity contribution is 0.150. The van der Waals surface area contributed by atoms with Crippen LogP contribution in [-0.2, 0) is 8.09 Å². The van der Waals surface area contributed by atoms with Crippen LogP contribution in [0.1, 0.15) is 12.5 Å². The van der Waals surface area contributed by atoms with Crippen LogP contribution in [0.15, 0.2) is 30.3 Å². The summed E-state index contributed by atoms with van der Waals surface area (Å²) in [5, 5.41) is 2.65. The molecule has 0 heterocycles. The normalized spacial score (nSPS) is 10.9. The largest absolute Gasteiger partial charge is 0.450 e. The van der Waals surface area contributed by atoms with Gasteiger partial charge in [0.05, 0.1) is 6.61 Å². The summed E-state index contributed by atoms with van der Waals surface area (Å²) in [5.74, 6) is 0. The molecule has 82 valence electrons. The highest BCUT2D eigenvalue weighted by atomic mass is 79.9. The number of carbonyl (C=O) groups excluding carboxylic acids is 1. The summed E-state index contributed by atoms with van der Waals surface area (Å²) in [7, 11) is 0. The summed E-state index contributed by atoms with van der Waals surface area (Å²) in [4.78, 5) is 11.2. The first-order valence-corrected chi connectivity index (χ1v) is 6.03. The van der Waals surface area contributed by atoms with Crippen LogP contribution in [0.25, 0.3) is 0 Å². The van der Waals surface area contributed by atoms with E-state index in [4.69, 9.17) is 4.74 Å². The zero-order chi connectivity index (χ0) is 11.3. The van der Waals surface area contributed by atoms with Gasteiger partial charge in [-0.05, 0) is 44.3 Å². The van der Waals surface area contributed by atoms with E-state index >= 15 is 0 Å². The van der Waals surface area contributed by atoms with E-state index in [1.807, 2.05) is 30.3 Å². The summed E-state index contributed by atoms with van der Waals surface area (Å²) in [6.07, 6.45) is -0.477. The molecule has 0 aliphatic carbocycles. The highest BCUT2D eigenvalue weighted by Crippen LogP contribution is 2.34. The summed E-state index contributed by atoms with van der Waals surface area (Å²) in [5.41, 5.74) is 0.887. The van der Waals surface area contributed by atoms with Gasteiger partial charge in [-0.3, -0.25) is 5.32 Å². The number of carbonyl (C=O) groups is 1. The number of halogens is 2. The number of alkyl halides is 2. The molecule has 0 fully saturated rings. The van der Waals surface area contributed by atoms with Crippen LogP contribution in [0.5, 0.6) is 0 Å². The molecule has 5 heteroatoms. The van der Waals surface area contributed by atoms with Crippen molar-refractivity contribution >= 4 is 38.0 Å². The maximum atomic E-state index is 11.2. The van der Waals surface area contributed by atoms with Crippen LogP contribution in [0.3, 0.4) is 0 Å². The first-order chi connectivity index (χ1) is 7.06. The number of amides is 1. The van der Waals surface area contributed by atoms with Crippen molar-refractivity contribution in [2.75, 3.05) is 6.61 Å². The second-order valence-corrected chi connectivity index (χ2v) is 6.23. The Morgan fingerprint density at radius 1 is 1.40 bits per heavy atom. The molecule has 0 atom stereocenters. The maximum Gasteiger partial charge on any atom is 0.409 e. The van der Waals surface area contributed by atoms with Crippen molar-refractivity contribution in [3.8, 4) is 0 Å². The van der Waals surface area contributed by atoms with Gasteiger partial charge in [-0.15, -0.1) is 0 Å². The molecule has 0 aliphatic heterocycles. The molecule has 0 bridgehead atoms. The Bertz CT molecular complexity index is 327. The lowest BCUT2D eigenvalue weighted by Gasteiger charge is -2.21. The minimum atomic E-state index is -0.784. The Hall–Kier alpha value is -0.550. The molecule has 0 spiro atoms.